The Hall–Kier alpha value is -2.59. The van der Waals surface area contributed by atoms with Crippen molar-refractivity contribution in [1.29, 1.82) is 0 Å². The number of benzene rings is 2. The monoisotopic (exact) mass is 319 g/mol. The fourth-order valence-corrected chi connectivity index (χ4v) is 4.00. The summed E-state index contributed by atoms with van der Waals surface area (Å²) in [6.07, 6.45) is 0.971. The average molecular weight is 319 g/mol. The molecule has 0 aliphatic carbocycles. The van der Waals surface area contributed by atoms with Crippen molar-refractivity contribution in [3.8, 4) is 22.5 Å². The molecular formula is C19H17N3S. The molecule has 0 fully saturated rings. The van der Waals surface area contributed by atoms with Crippen LogP contribution in [0.5, 0.6) is 0 Å². The van der Waals surface area contributed by atoms with Crippen LogP contribution in [0, 0.1) is 0 Å². The number of hydrogen-bond donors (Lipinski definition) is 1. The van der Waals surface area contributed by atoms with E-state index in [0.717, 1.165) is 22.6 Å². The zero-order valence-corrected chi connectivity index (χ0v) is 13.7. The van der Waals surface area contributed by atoms with Crippen molar-refractivity contribution < 1.29 is 0 Å². The Kier molecular flexibility index (Phi) is 3.39. The number of fused-ring (bicyclic) bond motifs is 1. The van der Waals surface area contributed by atoms with E-state index in [1.807, 2.05) is 36.4 Å². The number of aryl methyl sites for hydroxylation is 1. The molecule has 0 bridgehead atoms. The number of rotatable bonds is 3. The Balaban J connectivity index is 2.00. The van der Waals surface area contributed by atoms with Gasteiger partial charge in [0.2, 0.25) is 0 Å². The van der Waals surface area contributed by atoms with Gasteiger partial charge in [-0.3, -0.25) is 4.40 Å². The quantitative estimate of drug-likeness (QED) is 0.585. The highest BCUT2D eigenvalue weighted by molar-refractivity contribution is 7.17. The van der Waals surface area contributed by atoms with Gasteiger partial charge in [0.05, 0.1) is 5.69 Å². The van der Waals surface area contributed by atoms with Crippen LogP contribution < -0.4 is 5.73 Å². The third-order valence-electron chi connectivity index (χ3n) is 4.00. The van der Waals surface area contributed by atoms with Gasteiger partial charge in [-0.25, -0.2) is 4.98 Å². The normalized spacial score (nSPS) is 11.2. The van der Waals surface area contributed by atoms with E-state index in [9.17, 15) is 0 Å². The van der Waals surface area contributed by atoms with Crippen LogP contribution in [-0.2, 0) is 6.42 Å². The largest absolute Gasteiger partial charge is 0.383 e. The Morgan fingerprint density at radius 3 is 2.17 bits per heavy atom. The van der Waals surface area contributed by atoms with Crippen LogP contribution in [0.1, 0.15) is 11.8 Å². The van der Waals surface area contributed by atoms with Crippen LogP contribution in [-0.4, -0.2) is 9.38 Å². The first kappa shape index (κ1) is 14.0. The molecule has 0 saturated carbocycles. The lowest BCUT2D eigenvalue weighted by Crippen LogP contribution is -1.97. The average Bonchev–Trinajstić information content (AvgIpc) is 3.13. The van der Waals surface area contributed by atoms with E-state index in [0.29, 0.717) is 5.82 Å². The van der Waals surface area contributed by atoms with Gasteiger partial charge in [0.1, 0.15) is 11.5 Å². The van der Waals surface area contributed by atoms with Gasteiger partial charge >= 0.3 is 0 Å². The summed E-state index contributed by atoms with van der Waals surface area (Å²) >= 11 is 1.72. The maximum Gasteiger partial charge on any atom is 0.196 e. The summed E-state index contributed by atoms with van der Waals surface area (Å²) in [5.74, 6) is 0.709. The smallest absolute Gasteiger partial charge is 0.196 e. The van der Waals surface area contributed by atoms with E-state index in [1.54, 1.807) is 11.3 Å². The summed E-state index contributed by atoms with van der Waals surface area (Å²) in [6.45, 7) is 2.17. The SMILES string of the molecule is CCc1sc2nc(-c3ccccc3)c(N)n2c1-c1ccccc1. The Morgan fingerprint density at radius 2 is 1.57 bits per heavy atom. The molecule has 0 spiro atoms. The van der Waals surface area contributed by atoms with E-state index in [1.165, 1.54) is 16.1 Å². The number of aromatic nitrogens is 2. The van der Waals surface area contributed by atoms with Crippen molar-refractivity contribution in [2.75, 3.05) is 5.73 Å². The van der Waals surface area contributed by atoms with Crippen molar-refractivity contribution in [2.24, 2.45) is 0 Å². The lowest BCUT2D eigenvalue weighted by Gasteiger charge is -2.06. The number of nitrogen functional groups attached to an aromatic ring is 1. The van der Waals surface area contributed by atoms with Crippen molar-refractivity contribution >= 4 is 22.1 Å². The molecule has 0 aliphatic heterocycles. The van der Waals surface area contributed by atoms with Gasteiger partial charge in [-0.15, -0.1) is 11.3 Å². The van der Waals surface area contributed by atoms with Crippen molar-refractivity contribution in [3.63, 3.8) is 0 Å². The van der Waals surface area contributed by atoms with Crippen molar-refractivity contribution in [1.82, 2.24) is 9.38 Å². The molecule has 2 aromatic carbocycles. The molecule has 4 rings (SSSR count). The van der Waals surface area contributed by atoms with Gasteiger partial charge in [-0.05, 0) is 12.0 Å². The van der Waals surface area contributed by atoms with E-state index in [4.69, 9.17) is 10.7 Å². The van der Waals surface area contributed by atoms with E-state index < -0.39 is 0 Å². The van der Waals surface area contributed by atoms with Gasteiger partial charge in [0.15, 0.2) is 4.96 Å². The predicted molar refractivity (Wildman–Crippen MR) is 97.7 cm³/mol. The molecule has 2 N–H and O–H groups in total. The molecule has 3 nitrogen and oxygen atoms in total. The number of thiazole rings is 1. The van der Waals surface area contributed by atoms with Gasteiger partial charge < -0.3 is 5.73 Å². The fourth-order valence-electron chi connectivity index (χ4n) is 2.91. The lowest BCUT2D eigenvalue weighted by molar-refractivity contribution is 1.14. The first-order valence-electron chi connectivity index (χ1n) is 7.70. The number of hydrogen-bond acceptors (Lipinski definition) is 3. The number of anilines is 1. The highest BCUT2D eigenvalue weighted by atomic mass is 32.1. The summed E-state index contributed by atoms with van der Waals surface area (Å²) in [4.78, 5) is 7.06. The molecule has 2 aromatic heterocycles. The Bertz CT molecular complexity index is 953. The molecule has 2 heterocycles. The second-order valence-corrected chi connectivity index (χ2v) is 6.49. The minimum atomic E-state index is 0.709. The highest BCUT2D eigenvalue weighted by Crippen LogP contribution is 2.37. The first-order chi connectivity index (χ1) is 11.3. The van der Waals surface area contributed by atoms with E-state index in [-0.39, 0.29) is 0 Å². The zero-order chi connectivity index (χ0) is 15.8. The number of imidazole rings is 1. The molecule has 0 radical (unpaired) electrons. The molecule has 4 aromatic rings. The molecule has 23 heavy (non-hydrogen) atoms. The Labute approximate surface area is 139 Å². The fraction of sp³-hybridized carbons (Fsp3) is 0.105. The third kappa shape index (κ3) is 2.23. The summed E-state index contributed by atoms with van der Waals surface area (Å²) < 4.78 is 2.10. The lowest BCUT2D eigenvalue weighted by atomic mass is 10.1. The van der Waals surface area contributed by atoms with Gasteiger partial charge in [0, 0.05) is 10.4 Å². The van der Waals surface area contributed by atoms with Crippen LogP contribution >= 0.6 is 11.3 Å². The first-order valence-corrected chi connectivity index (χ1v) is 8.51. The minimum absolute atomic E-state index is 0.709. The van der Waals surface area contributed by atoms with E-state index >= 15 is 0 Å². The van der Waals surface area contributed by atoms with Crippen LogP contribution in [0.15, 0.2) is 60.7 Å². The topological polar surface area (TPSA) is 43.3 Å². The van der Waals surface area contributed by atoms with Gasteiger partial charge in [0.25, 0.3) is 0 Å². The maximum absolute atomic E-state index is 6.48. The highest BCUT2D eigenvalue weighted by Gasteiger charge is 2.20. The molecular weight excluding hydrogens is 302 g/mol. The standard InChI is InChI=1S/C19H17N3S/c1-2-15-17(14-11-7-4-8-12-14)22-18(20)16(21-19(22)23-15)13-9-5-3-6-10-13/h3-12H,2,20H2,1H3. The van der Waals surface area contributed by atoms with Crippen molar-refractivity contribution in [3.05, 3.63) is 65.5 Å². The molecule has 0 amide bonds. The molecule has 114 valence electrons. The van der Waals surface area contributed by atoms with Crippen molar-refractivity contribution in [2.45, 2.75) is 13.3 Å². The second-order valence-electron chi connectivity index (χ2n) is 5.42. The summed E-state index contributed by atoms with van der Waals surface area (Å²) in [6, 6.07) is 20.5. The molecule has 0 atom stereocenters. The summed E-state index contributed by atoms with van der Waals surface area (Å²) in [5.41, 5.74) is 10.7. The molecule has 4 heteroatoms. The van der Waals surface area contributed by atoms with Crippen LogP contribution in [0.25, 0.3) is 27.5 Å². The third-order valence-corrected chi connectivity index (χ3v) is 5.18. The summed E-state index contributed by atoms with van der Waals surface area (Å²) in [5, 5.41) is 0. The maximum atomic E-state index is 6.48. The second kappa shape index (κ2) is 5.56. The predicted octanol–water partition coefficient (Wildman–Crippen LogP) is 4.87. The minimum Gasteiger partial charge on any atom is -0.383 e. The number of nitrogens with zero attached hydrogens (tertiary/aromatic N) is 2. The molecule has 0 saturated heterocycles. The zero-order valence-electron chi connectivity index (χ0n) is 12.9. The van der Waals surface area contributed by atoms with Crippen LogP contribution in [0.4, 0.5) is 5.82 Å². The number of nitrogens with two attached hydrogens (primary N) is 1. The van der Waals surface area contributed by atoms with E-state index in [2.05, 4.69) is 35.6 Å². The van der Waals surface area contributed by atoms with Crippen LogP contribution in [0.2, 0.25) is 0 Å². The van der Waals surface area contributed by atoms with Gasteiger partial charge in [-0.1, -0.05) is 67.6 Å². The van der Waals surface area contributed by atoms with Gasteiger partial charge in [-0.2, -0.15) is 0 Å². The van der Waals surface area contributed by atoms with Crippen LogP contribution in [0.3, 0.4) is 0 Å². The molecule has 0 aliphatic rings. The summed E-state index contributed by atoms with van der Waals surface area (Å²) in [7, 11) is 0. The Morgan fingerprint density at radius 1 is 0.957 bits per heavy atom. The molecule has 0 unspecified atom stereocenters.